The van der Waals surface area contributed by atoms with Crippen molar-refractivity contribution in [2.75, 3.05) is 28.3 Å². The Balaban J connectivity index is 1.70. The Labute approximate surface area is 147 Å². The molecule has 0 bridgehead atoms. The third kappa shape index (κ3) is 2.91. The molecule has 4 heteroatoms. The fourth-order valence-corrected chi connectivity index (χ4v) is 3.18. The summed E-state index contributed by atoms with van der Waals surface area (Å²) >= 11 is 6.18. The van der Waals surface area contributed by atoms with Crippen LogP contribution in [-0.2, 0) is 0 Å². The zero-order valence-corrected chi connectivity index (χ0v) is 14.0. The molecule has 0 radical (unpaired) electrons. The Morgan fingerprint density at radius 2 is 1.08 bits per heavy atom. The van der Waals surface area contributed by atoms with Gasteiger partial charge >= 0.3 is 0 Å². The van der Waals surface area contributed by atoms with Crippen molar-refractivity contribution in [3.63, 3.8) is 0 Å². The van der Waals surface area contributed by atoms with Crippen molar-refractivity contribution in [3.05, 3.63) is 90.0 Å². The van der Waals surface area contributed by atoms with E-state index < -0.39 is 0 Å². The van der Waals surface area contributed by atoms with Crippen LogP contribution in [0.2, 0.25) is 5.02 Å². The number of hydrogen-bond acceptors (Lipinski definition) is 3. The Hall–Kier alpha value is -2.65. The van der Waals surface area contributed by atoms with Crippen LogP contribution < -0.4 is 14.9 Å². The summed E-state index contributed by atoms with van der Waals surface area (Å²) in [7, 11) is 0. The number of anilines is 3. The van der Waals surface area contributed by atoms with Gasteiger partial charge in [0.05, 0.1) is 11.4 Å². The number of hydrazine groups is 1. The number of para-hydroxylation sites is 2. The summed E-state index contributed by atoms with van der Waals surface area (Å²) in [5.74, 6) is 0. The summed E-state index contributed by atoms with van der Waals surface area (Å²) < 4.78 is 0. The summed E-state index contributed by atoms with van der Waals surface area (Å²) in [6.07, 6.45) is 0. The van der Waals surface area contributed by atoms with Gasteiger partial charge in [0.25, 0.3) is 0 Å². The Bertz CT molecular complexity index is 760. The molecule has 3 aromatic rings. The summed E-state index contributed by atoms with van der Waals surface area (Å²) in [6.45, 7) is 1.55. The SMILES string of the molecule is Clc1cccc(N2CN(c3ccccc3)N(c3ccccc3)C2)c1. The van der Waals surface area contributed by atoms with Crippen molar-refractivity contribution in [2.24, 2.45) is 0 Å². The number of benzene rings is 3. The van der Waals surface area contributed by atoms with Crippen molar-refractivity contribution < 1.29 is 0 Å². The van der Waals surface area contributed by atoms with Crippen LogP contribution in [0.4, 0.5) is 17.1 Å². The number of nitrogens with zero attached hydrogens (tertiary/aromatic N) is 3. The van der Waals surface area contributed by atoms with Crippen molar-refractivity contribution in [1.29, 1.82) is 0 Å². The smallest absolute Gasteiger partial charge is 0.112 e. The summed E-state index contributed by atoms with van der Waals surface area (Å²) in [5.41, 5.74) is 3.47. The molecule has 0 N–H and O–H groups in total. The van der Waals surface area contributed by atoms with Crippen LogP contribution in [0.25, 0.3) is 0 Å². The van der Waals surface area contributed by atoms with Crippen molar-refractivity contribution >= 4 is 28.7 Å². The third-order valence-electron chi connectivity index (χ3n) is 4.18. The second-order valence-electron chi connectivity index (χ2n) is 5.77. The fraction of sp³-hybridized carbons (Fsp3) is 0.100. The highest BCUT2D eigenvalue weighted by Crippen LogP contribution is 2.30. The lowest BCUT2D eigenvalue weighted by atomic mass is 10.3. The van der Waals surface area contributed by atoms with Crippen LogP contribution in [0.5, 0.6) is 0 Å². The second kappa shape index (κ2) is 6.46. The maximum Gasteiger partial charge on any atom is 0.112 e. The molecule has 120 valence electrons. The van der Waals surface area contributed by atoms with Crippen molar-refractivity contribution in [3.8, 4) is 0 Å². The molecule has 0 saturated carbocycles. The van der Waals surface area contributed by atoms with Gasteiger partial charge in [-0.3, -0.25) is 10.0 Å². The maximum absolute atomic E-state index is 6.18. The van der Waals surface area contributed by atoms with Gasteiger partial charge < -0.3 is 4.90 Å². The van der Waals surface area contributed by atoms with E-state index in [9.17, 15) is 0 Å². The van der Waals surface area contributed by atoms with Gasteiger partial charge in [-0.1, -0.05) is 54.1 Å². The summed E-state index contributed by atoms with van der Waals surface area (Å²) in [4.78, 5) is 2.31. The van der Waals surface area contributed by atoms with Gasteiger partial charge in [-0.05, 0) is 42.5 Å². The average molecular weight is 336 g/mol. The number of rotatable bonds is 3. The lowest BCUT2D eigenvalue weighted by molar-refractivity contribution is 0.891. The third-order valence-corrected chi connectivity index (χ3v) is 4.42. The minimum absolute atomic E-state index is 0.761. The van der Waals surface area contributed by atoms with Gasteiger partial charge in [0.2, 0.25) is 0 Å². The van der Waals surface area contributed by atoms with Gasteiger partial charge in [0, 0.05) is 10.7 Å². The summed E-state index contributed by atoms with van der Waals surface area (Å²) in [6, 6.07) is 28.9. The normalized spacial score (nSPS) is 14.3. The Kier molecular flexibility index (Phi) is 4.01. The Morgan fingerprint density at radius 1 is 0.583 bits per heavy atom. The molecule has 1 fully saturated rings. The molecular weight excluding hydrogens is 318 g/mol. The van der Waals surface area contributed by atoms with Gasteiger partial charge in [0.15, 0.2) is 0 Å². The highest BCUT2D eigenvalue weighted by atomic mass is 35.5. The molecule has 1 heterocycles. The van der Waals surface area contributed by atoms with Crippen LogP contribution in [0.3, 0.4) is 0 Å². The largest absolute Gasteiger partial charge is 0.332 e. The van der Waals surface area contributed by atoms with Gasteiger partial charge in [-0.25, -0.2) is 0 Å². The van der Waals surface area contributed by atoms with E-state index >= 15 is 0 Å². The first kappa shape index (κ1) is 14.9. The van der Waals surface area contributed by atoms with E-state index in [-0.39, 0.29) is 0 Å². The molecule has 24 heavy (non-hydrogen) atoms. The van der Waals surface area contributed by atoms with Gasteiger partial charge in [-0.15, -0.1) is 0 Å². The summed E-state index contributed by atoms with van der Waals surface area (Å²) in [5, 5.41) is 5.34. The van der Waals surface area contributed by atoms with Gasteiger partial charge in [0.1, 0.15) is 13.3 Å². The molecule has 0 unspecified atom stereocenters. The van der Waals surface area contributed by atoms with E-state index in [1.165, 1.54) is 11.4 Å². The van der Waals surface area contributed by atoms with E-state index in [4.69, 9.17) is 11.6 Å². The molecule has 3 aromatic carbocycles. The predicted molar refractivity (Wildman–Crippen MR) is 102 cm³/mol. The molecule has 0 atom stereocenters. The standard InChI is InChI=1S/C20H18ClN3/c21-17-8-7-13-20(14-17)22-15-23(18-9-3-1-4-10-18)24(16-22)19-11-5-2-6-12-19/h1-14H,15-16H2. The molecule has 4 rings (SSSR count). The first-order chi connectivity index (χ1) is 11.8. The molecular formula is C20H18ClN3. The van der Waals surface area contributed by atoms with E-state index in [1.807, 2.05) is 30.3 Å². The molecule has 0 spiro atoms. The van der Waals surface area contributed by atoms with E-state index in [0.717, 1.165) is 24.0 Å². The molecule has 0 amide bonds. The molecule has 3 nitrogen and oxygen atoms in total. The van der Waals surface area contributed by atoms with E-state index in [1.54, 1.807) is 0 Å². The number of halogens is 1. The molecule has 1 aliphatic rings. The maximum atomic E-state index is 6.18. The topological polar surface area (TPSA) is 9.72 Å². The van der Waals surface area contributed by atoms with E-state index in [0.29, 0.717) is 0 Å². The Morgan fingerprint density at radius 3 is 1.58 bits per heavy atom. The molecule has 0 aliphatic carbocycles. The van der Waals surface area contributed by atoms with Crippen LogP contribution >= 0.6 is 11.6 Å². The monoisotopic (exact) mass is 335 g/mol. The first-order valence-corrected chi connectivity index (χ1v) is 8.35. The molecule has 0 aromatic heterocycles. The number of hydrogen-bond donors (Lipinski definition) is 0. The minimum atomic E-state index is 0.761. The van der Waals surface area contributed by atoms with Crippen molar-refractivity contribution in [2.45, 2.75) is 0 Å². The first-order valence-electron chi connectivity index (χ1n) is 7.97. The van der Waals surface area contributed by atoms with Crippen molar-refractivity contribution in [1.82, 2.24) is 0 Å². The second-order valence-corrected chi connectivity index (χ2v) is 6.21. The average Bonchev–Trinajstić information content (AvgIpc) is 3.09. The van der Waals surface area contributed by atoms with Crippen LogP contribution in [0.15, 0.2) is 84.9 Å². The molecule has 1 aliphatic heterocycles. The lowest BCUT2D eigenvalue weighted by Gasteiger charge is -2.29. The van der Waals surface area contributed by atoms with Gasteiger partial charge in [-0.2, -0.15) is 0 Å². The van der Waals surface area contributed by atoms with Crippen LogP contribution in [-0.4, -0.2) is 13.3 Å². The highest BCUT2D eigenvalue weighted by molar-refractivity contribution is 6.30. The quantitative estimate of drug-likeness (QED) is 0.666. The minimum Gasteiger partial charge on any atom is -0.332 e. The lowest BCUT2D eigenvalue weighted by Crippen LogP contribution is -2.36. The van der Waals surface area contributed by atoms with Crippen LogP contribution in [0, 0.1) is 0 Å². The van der Waals surface area contributed by atoms with E-state index in [2.05, 4.69) is 69.5 Å². The molecule has 1 saturated heterocycles. The zero-order chi connectivity index (χ0) is 16.4. The highest BCUT2D eigenvalue weighted by Gasteiger charge is 2.29. The van der Waals surface area contributed by atoms with Crippen LogP contribution in [0.1, 0.15) is 0 Å². The zero-order valence-electron chi connectivity index (χ0n) is 13.2. The fourth-order valence-electron chi connectivity index (χ4n) is 3.00. The predicted octanol–water partition coefficient (Wildman–Crippen LogP) is 5.00.